The van der Waals surface area contributed by atoms with Crippen molar-refractivity contribution in [1.82, 2.24) is 9.88 Å². The normalized spacial score (nSPS) is 10.4. The molecule has 0 aliphatic rings. The molecule has 1 aromatic heterocycles. The van der Waals surface area contributed by atoms with Crippen molar-refractivity contribution < 1.29 is 4.79 Å². The molecule has 104 valence electrons. The molecule has 4 nitrogen and oxygen atoms in total. The maximum atomic E-state index is 11.5. The Bertz CT molecular complexity index is 674. The van der Waals surface area contributed by atoms with E-state index in [9.17, 15) is 4.79 Å². The van der Waals surface area contributed by atoms with Crippen LogP contribution in [0.1, 0.15) is 12.5 Å². The molecule has 0 unspecified atom stereocenters. The third kappa shape index (κ3) is 3.40. The number of benzene rings is 1. The van der Waals surface area contributed by atoms with Crippen LogP contribution in [-0.4, -0.2) is 36.4 Å². The van der Waals surface area contributed by atoms with E-state index in [1.54, 1.807) is 6.92 Å². The van der Waals surface area contributed by atoms with Gasteiger partial charge in [0.2, 0.25) is 0 Å². The number of amides is 1. The second-order valence-electron chi connectivity index (χ2n) is 4.96. The van der Waals surface area contributed by atoms with E-state index in [0.717, 1.165) is 29.6 Å². The fourth-order valence-corrected chi connectivity index (χ4v) is 2.08. The monoisotopic (exact) mass is 269 g/mol. The van der Waals surface area contributed by atoms with E-state index in [2.05, 4.69) is 41.1 Å². The topological polar surface area (TPSA) is 48.1 Å². The van der Waals surface area contributed by atoms with Gasteiger partial charge < -0.3 is 15.2 Å². The largest absolute Gasteiger partial charge is 0.361 e. The van der Waals surface area contributed by atoms with E-state index in [4.69, 9.17) is 0 Å². The predicted octanol–water partition coefficient (Wildman–Crippen LogP) is 2.23. The molecular weight excluding hydrogens is 250 g/mol. The van der Waals surface area contributed by atoms with Crippen molar-refractivity contribution in [1.29, 1.82) is 0 Å². The number of carbonyl (C=O) groups excluding carboxylic acids is 1. The number of rotatable bonds is 4. The average Bonchev–Trinajstić information content (AvgIpc) is 2.79. The summed E-state index contributed by atoms with van der Waals surface area (Å²) < 4.78 is 0. The second-order valence-corrected chi connectivity index (χ2v) is 4.96. The molecule has 2 N–H and O–H groups in total. The Morgan fingerprint density at radius 2 is 2.20 bits per heavy atom. The van der Waals surface area contributed by atoms with Crippen LogP contribution in [0.25, 0.3) is 10.9 Å². The quantitative estimate of drug-likeness (QED) is 0.836. The van der Waals surface area contributed by atoms with Crippen LogP contribution in [0.4, 0.5) is 5.69 Å². The lowest BCUT2D eigenvalue weighted by molar-refractivity contribution is -0.111. The lowest BCUT2D eigenvalue weighted by Gasteiger charge is -2.08. The third-order valence-electron chi connectivity index (χ3n) is 3.09. The molecule has 0 atom stereocenters. The maximum absolute atomic E-state index is 11.5. The number of nitrogens with one attached hydrogen (secondary N) is 2. The van der Waals surface area contributed by atoms with E-state index in [1.807, 2.05) is 24.4 Å². The summed E-state index contributed by atoms with van der Waals surface area (Å²) in [5, 5.41) is 3.93. The van der Waals surface area contributed by atoms with Gasteiger partial charge in [-0.25, -0.2) is 0 Å². The van der Waals surface area contributed by atoms with E-state index in [1.165, 1.54) is 5.56 Å². The molecule has 2 rings (SSSR count). The van der Waals surface area contributed by atoms with Crippen molar-refractivity contribution in [3.8, 4) is 11.8 Å². The summed E-state index contributed by atoms with van der Waals surface area (Å²) in [7, 11) is 4.12. The molecule has 4 heteroatoms. The molecule has 0 radical (unpaired) electrons. The van der Waals surface area contributed by atoms with Gasteiger partial charge in [0.1, 0.15) is 0 Å². The number of fused-ring (bicyclic) bond motifs is 1. The van der Waals surface area contributed by atoms with Crippen molar-refractivity contribution in [2.45, 2.75) is 13.3 Å². The Hall–Kier alpha value is -2.25. The van der Waals surface area contributed by atoms with Gasteiger partial charge in [0.05, 0.1) is 0 Å². The minimum absolute atomic E-state index is 0.280. The van der Waals surface area contributed by atoms with Crippen molar-refractivity contribution in [3.63, 3.8) is 0 Å². The van der Waals surface area contributed by atoms with Gasteiger partial charge in [-0.2, -0.15) is 0 Å². The minimum atomic E-state index is -0.280. The molecule has 1 heterocycles. The Morgan fingerprint density at radius 1 is 1.40 bits per heavy atom. The number of likely N-dealkylation sites (N-methyl/N-ethyl adjacent to an activating group) is 1. The lowest BCUT2D eigenvalue weighted by atomic mass is 10.1. The van der Waals surface area contributed by atoms with E-state index in [0.29, 0.717) is 0 Å². The van der Waals surface area contributed by atoms with Crippen LogP contribution in [0.2, 0.25) is 0 Å². The Labute approximate surface area is 119 Å². The summed E-state index contributed by atoms with van der Waals surface area (Å²) in [5.41, 5.74) is 3.11. The van der Waals surface area contributed by atoms with Crippen LogP contribution in [0, 0.1) is 11.8 Å². The summed E-state index contributed by atoms with van der Waals surface area (Å²) in [5.74, 6) is 4.79. The molecule has 2 aromatic rings. The van der Waals surface area contributed by atoms with E-state index in [-0.39, 0.29) is 5.91 Å². The van der Waals surface area contributed by atoms with E-state index < -0.39 is 0 Å². The summed E-state index contributed by atoms with van der Waals surface area (Å²) in [6.45, 7) is 2.64. The number of H-pyrrole nitrogens is 1. The highest BCUT2D eigenvalue weighted by molar-refractivity contribution is 6.04. The zero-order valence-electron chi connectivity index (χ0n) is 12.1. The van der Waals surface area contributed by atoms with Gasteiger partial charge >= 0.3 is 0 Å². The summed E-state index contributed by atoms with van der Waals surface area (Å²) >= 11 is 0. The van der Waals surface area contributed by atoms with Crippen molar-refractivity contribution >= 4 is 22.5 Å². The van der Waals surface area contributed by atoms with Crippen LogP contribution in [0.3, 0.4) is 0 Å². The number of carbonyl (C=O) groups is 1. The molecule has 0 aliphatic heterocycles. The second kappa shape index (κ2) is 6.27. The van der Waals surface area contributed by atoms with Gasteiger partial charge in [-0.05, 0) is 57.1 Å². The number of aromatic nitrogens is 1. The molecule has 0 saturated heterocycles. The molecule has 0 spiro atoms. The first-order valence-electron chi connectivity index (χ1n) is 6.58. The van der Waals surface area contributed by atoms with E-state index >= 15 is 0 Å². The standard InChI is InChI=1S/C16H19N3O/c1-4-5-16(20)18-13-6-7-15-14(10-13)12(11-17-15)8-9-19(2)3/h6-7,10-11,17H,8-9H2,1-3H3,(H,18,20). The van der Waals surface area contributed by atoms with Crippen molar-refractivity contribution in [3.05, 3.63) is 30.0 Å². The summed E-state index contributed by atoms with van der Waals surface area (Å²) in [6.07, 6.45) is 3.00. The highest BCUT2D eigenvalue weighted by atomic mass is 16.1. The zero-order valence-corrected chi connectivity index (χ0v) is 12.1. The number of nitrogens with zero attached hydrogens (tertiary/aromatic N) is 1. The average molecular weight is 269 g/mol. The minimum Gasteiger partial charge on any atom is -0.361 e. The molecule has 0 bridgehead atoms. The number of hydrogen-bond donors (Lipinski definition) is 2. The zero-order chi connectivity index (χ0) is 14.5. The van der Waals surface area contributed by atoms with Crippen LogP contribution in [0.15, 0.2) is 24.4 Å². The number of hydrogen-bond acceptors (Lipinski definition) is 2. The smallest absolute Gasteiger partial charge is 0.300 e. The molecule has 0 saturated carbocycles. The van der Waals surface area contributed by atoms with Crippen LogP contribution in [-0.2, 0) is 11.2 Å². The Balaban J connectivity index is 2.24. The predicted molar refractivity (Wildman–Crippen MR) is 82.6 cm³/mol. The molecule has 0 fully saturated rings. The fraction of sp³-hybridized carbons (Fsp3) is 0.312. The van der Waals surface area contributed by atoms with Crippen molar-refractivity contribution in [2.75, 3.05) is 26.0 Å². The van der Waals surface area contributed by atoms with Crippen LogP contribution >= 0.6 is 0 Å². The highest BCUT2D eigenvalue weighted by Gasteiger charge is 2.06. The SMILES string of the molecule is CC#CC(=O)Nc1ccc2[nH]cc(CCN(C)C)c2c1. The van der Waals surface area contributed by atoms with Crippen LogP contribution in [0.5, 0.6) is 0 Å². The molecule has 0 aliphatic carbocycles. The van der Waals surface area contributed by atoms with Gasteiger partial charge in [0.25, 0.3) is 5.91 Å². The van der Waals surface area contributed by atoms with Gasteiger partial charge in [-0.15, -0.1) is 0 Å². The van der Waals surface area contributed by atoms with Gasteiger partial charge in [0, 0.05) is 29.3 Å². The maximum Gasteiger partial charge on any atom is 0.300 e. The first-order chi connectivity index (χ1) is 9.60. The lowest BCUT2D eigenvalue weighted by Crippen LogP contribution is -2.14. The molecule has 1 amide bonds. The fourth-order valence-electron chi connectivity index (χ4n) is 2.08. The molecular formula is C16H19N3O. The van der Waals surface area contributed by atoms with Crippen molar-refractivity contribution in [2.24, 2.45) is 0 Å². The third-order valence-corrected chi connectivity index (χ3v) is 3.09. The summed E-state index contributed by atoms with van der Waals surface area (Å²) in [6, 6.07) is 5.85. The molecule has 1 aromatic carbocycles. The number of anilines is 1. The first kappa shape index (κ1) is 14.2. The van der Waals surface area contributed by atoms with Gasteiger partial charge in [-0.3, -0.25) is 4.79 Å². The first-order valence-corrected chi connectivity index (χ1v) is 6.58. The Morgan fingerprint density at radius 3 is 2.90 bits per heavy atom. The Kier molecular flexibility index (Phi) is 4.44. The number of aromatic amines is 1. The molecule has 20 heavy (non-hydrogen) atoms. The highest BCUT2D eigenvalue weighted by Crippen LogP contribution is 2.22. The summed E-state index contributed by atoms with van der Waals surface area (Å²) in [4.78, 5) is 16.9. The van der Waals surface area contributed by atoms with Crippen LogP contribution < -0.4 is 5.32 Å². The van der Waals surface area contributed by atoms with Gasteiger partial charge in [-0.1, -0.05) is 5.92 Å². The van der Waals surface area contributed by atoms with Gasteiger partial charge in [0.15, 0.2) is 0 Å².